The van der Waals surface area contributed by atoms with Crippen molar-refractivity contribution in [1.82, 2.24) is 0 Å². The highest BCUT2D eigenvalue weighted by Gasteiger charge is 2.72. The molecule has 4 atom stereocenters. The second-order valence-corrected chi connectivity index (χ2v) is 8.03. The molecule has 2 fully saturated rings. The smallest absolute Gasteiger partial charge is 0.305 e. The van der Waals surface area contributed by atoms with Crippen LogP contribution in [0.3, 0.4) is 0 Å². The first-order valence-electron chi connectivity index (χ1n) is 10.5. The van der Waals surface area contributed by atoms with Crippen LogP contribution in [-0.4, -0.2) is 54.1 Å². The van der Waals surface area contributed by atoms with E-state index in [-0.39, 0.29) is 23.8 Å². The van der Waals surface area contributed by atoms with Crippen molar-refractivity contribution in [3.63, 3.8) is 0 Å². The number of hydrogen-bond donors (Lipinski definition) is 0. The normalized spacial score (nSPS) is 27.2. The van der Waals surface area contributed by atoms with E-state index >= 15 is 0 Å². The molecule has 33 heavy (non-hydrogen) atoms. The Kier molecular flexibility index (Phi) is 5.57. The van der Waals surface area contributed by atoms with E-state index in [4.69, 9.17) is 18.9 Å². The van der Waals surface area contributed by atoms with E-state index in [1.165, 1.54) is 25.1 Å². The number of rotatable bonds is 7. The third kappa shape index (κ3) is 3.50. The Balaban J connectivity index is 1.79. The SMILES string of the molecule is CCOc1ccc(C(C)=O)cc1N1C(=O)[C@@H]2[C@@H]3C=C[C@](C(OC(C)=O)OC(C)=O)(O3)[C@@H]2C1=O. The fourth-order valence-corrected chi connectivity index (χ4v) is 4.64. The molecule has 174 valence electrons. The zero-order chi connectivity index (χ0) is 24.1. The number of amides is 2. The monoisotopic (exact) mass is 457 g/mol. The predicted octanol–water partition coefficient (Wildman–Crippen LogP) is 1.55. The Morgan fingerprint density at radius 3 is 2.33 bits per heavy atom. The molecule has 2 amide bonds. The number of Topliss-reactive ketones (excluding diaryl/α,β-unsaturated/α-hetero) is 1. The first kappa shape index (κ1) is 22.7. The number of carbonyl (C=O) groups is 5. The highest BCUT2D eigenvalue weighted by molar-refractivity contribution is 6.24. The molecule has 1 aromatic rings. The molecule has 3 aliphatic rings. The van der Waals surface area contributed by atoms with Crippen LogP contribution in [-0.2, 0) is 33.4 Å². The number of hydrogen-bond acceptors (Lipinski definition) is 9. The number of fused-ring (bicyclic) bond motifs is 5. The van der Waals surface area contributed by atoms with Gasteiger partial charge in [0.05, 0.1) is 30.2 Å². The second kappa shape index (κ2) is 8.11. The lowest BCUT2D eigenvalue weighted by atomic mass is 9.76. The minimum Gasteiger partial charge on any atom is -0.492 e. The standard InChI is InChI=1S/C23H23NO9/c1-5-30-16-7-6-14(11(2)25)10-15(16)24-20(28)18-17-8-9-23(33-17,19(18)21(24)29)22(31-12(3)26)32-13(4)27/h6-10,17-19,22H,5H2,1-4H3/t17-,18+,19-,23-/m0/s1. The van der Waals surface area contributed by atoms with Gasteiger partial charge < -0.3 is 18.9 Å². The fraction of sp³-hybridized carbons (Fsp3) is 0.435. The van der Waals surface area contributed by atoms with Gasteiger partial charge in [0, 0.05) is 19.4 Å². The molecular weight excluding hydrogens is 434 g/mol. The Morgan fingerprint density at radius 2 is 1.76 bits per heavy atom. The third-order valence-electron chi connectivity index (χ3n) is 5.90. The Morgan fingerprint density at radius 1 is 1.09 bits per heavy atom. The minimum absolute atomic E-state index is 0.139. The van der Waals surface area contributed by atoms with E-state index in [0.717, 1.165) is 18.7 Å². The van der Waals surface area contributed by atoms with Gasteiger partial charge in [-0.05, 0) is 38.1 Å². The van der Waals surface area contributed by atoms with Crippen molar-refractivity contribution < 1.29 is 42.9 Å². The van der Waals surface area contributed by atoms with Crippen LogP contribution in [0.2, 0.25) is 0 Å². The zero-order valence-electron chi connectivity index (χ0n) is 18.5. The van der Waals surface area contributed by atoms with Gasteiger partial charge in [-0.1, -0.05) is 6.08 Å². The lowest BCUT2D eigenvalue weighted by Crippen LogP contribution is -2.52. The molecule has 3 heterocycles. The van der Waals surface area contributed by atoms with Crippen LogP contribution >= 0.6 is 0 Å². The number of esters is 2. The summed E-state index contributed by atoms with van der Waals surface area (Å²) < 4.78 is 21.9. The zero-order valence-corrected chi connectivity index (χ0v) is 18.5. The van der Waals surface area contributed by atoms with Crippen LogP contribution < -0.4 is 9.64 Å². The van der Waals surface area contributed by atoms with Crippen LogP contribution in [0.1, 0.15) is 38.1 Å². The van der Waals surface area contributed by atoms with Gasteiger partial charge in [0.2, 0.25) is 11.8 Å². The lowest BCUT2D eigenvalue weighted by Gasteiger charge is -2.34. The molecule has 0 unspecified atom stereocenters. The summed E-state index contributed by atoms with van der Waals surface area (Å²) in [7, 11) is 0. The fourth-order valence-electron chi connectivity index (χ4n) is 4.64. The first-order chi connectivity index (χ1) is 15.6. The summed E-state index contributed by atoms with van der Waals surface area (Å²) in [4.78, 5) is 63.5. The molecule has 2 bridgehead atoms. The summed E-state index contributed by atoms with van der Waals surface area (Å²) in [6.07, 6.45) is 0.747. The molecule has 0 saturated carbocycles. The molecule has 10 heteroatoms. The summed E-state index contributed by atoms with van der Waals surface area (Å²) in [5.74, 6) is -4.71. The van der Waals surface area contributed by atoms with Crippen molar-refractivity contribution in [3.05, 3.63) is 35.9 Å². The van der Waals surface area contributed by atoms with Crippen molar-refractivity contribution in [3.8, 4) is 5.75 Å². The van der Waals surface area contributed by atoms with Crippen LogP contribution in [0.4, 0.5) is 5.69 Å². The van der Waals surface area contributed by atoms with E-state index < -0.39 is 53.6 Å². The van der Waals surface area contributed by atoms with Gasteiger partial charge in [0.25, 0.3) is 6.29 Å². The van der Waals surface area contributed by atoms with Crippen LogP contribution in [0.5, 0.6) is 5.75 Å². The largest absolute Gasteiger partial charge is 0.492 e. The van der Waals surface area contributed by atoms with E-state index in [9.17, 15) is 24.0 Å². The van der Waals surface area contributed by atoms with Gasteiger partial charge in [-0.15, -0.1) is 0 Å². The average molecular weight is 457 g/mol. The average Bonchev–Trinajstić information content (AvgIpc) is 3.38. The van der Waals surface area contributed by atoms with E-state index in [2.05, 4.69) is 0 Å². The third-order valence-corrected chi connectivity index (χ3v) is 5.90. The van der Waals surface area contributed by atoms with Gasteiger partial charge in [-0.3, -0.25) is 24.0 Å². The molecule has 4 rings (SSSR count). The summed E-state index contributed by atoms with van der Waals surface area (Å²) in [6, 6.07) is 4.52. The molecular formula is C23H23NO9. The summed E-state index contributed by atoms with van der Waals surface area (Å²) in [5, 5.41) is 0. The van der Waals surface area contributed by atoms with Crippen molar-refractivity contribution in [2.75, 3.05) is 11.5 Å². The van der Waals surface area contributed by atoms with E-state index in [1.54, 1.807) is 19.1 Å². The Hall–Kier alpha value is -3.53. The number of benzene rings is 1. The number of imide groups is 1. The molecule has 0 N–H and O–H groups in total. The first-order valence-corrected chi connectivity index (χ1v) is 10.5. The number of ketones is 1. The molecule has 3 aliphatic heterocycles. The van der Waals surface area contributed by atoms with Gasteiger partial charge in [-0.2, -0.15) is 0 Å². The maximum Gasteiger partial charge on any atom is 0.305 e. The summed E-state index contributed by atoms with van der Waals surface area (Å²) in [5.41, 5.74) is -1.21. The van der Waals surface area contributed by atoms with E-state index in [1.807, 2.05) is 0 Å². The van der Waals surface area contributed by atoms with Crippen LogP contribution in [0.25, 0.3) is 0 Å². The number of anilines is 1. The molecule has 1 aromatic carbocycles. The van der Waals surface area contributed by atoms with Crippen LogP contribution in [0, 0.1) is 11.8 Å². The van der Waals surface area contributed by atoms with Crippen LogP contribution in [0.15, 0.2) is 30.4 Å². The number of carbonyl (C=O) groups excluding carboxylic acids is 5. The number of nitrogens with zero attached hydrogens (tertiary/aromatic N) is 1. The van der Waals surface area contributed by atoms with Crippen molar-refractivity contribution in [2.45, 2.75) is 45.7 Å². The summed E-state index contributed by atoms with van der Waals surface area (Å²) >= 11 is 0. The maximum atomic E-state index is 13.7. The number of ether oxygens (including phenoxy) is 4. The topological polar surface area (TPSA) is 126 Å². The molecule has 0 radical (unpaired) electrons. The van der Waals surface area contributed by atoms with E-state index in [0.29, 0.717) is 5.56 Å². The van der Waals surface area contributed by atoms with Crippen molar-refractivity contribution in [1.29, 1.82) is 0 Å². The quantitative estimate of drug-likeness (QED) is 0.197. The second-order valence-electron chi connectivity index (χ2n) is 8.03. The summed E-state index contributed by atoms with van der Waals surface area (Å²) in [6.45, 7) is 5.66. The highest BCUT2D eigenvalue weighted by Crippen LogP contribution is 2.55. The Bertz CT molecular complexity index is 1080. The molecule has 2 saturated heterocycles. The molecule has 0 spiro atoms. The van der Waals surface area contributed by atoms with Gasteiger partial charge >= 0.3 is 11.9 Å². The minimum atomic E-state index is -1.65. The van der Waals surface area contributed by atoms with Crippen molar-refractivity contribution >= 4 is 35.2 Å². The maximum absolute atomic E-state index is 13.7. The molecule has 0 aliphatic carbocycles. The van der Waals surface area contributed by atoms with Gasteiger partial charge in [0.15, 0.2) is 11.4 Å². The molecule has 0 aromatic heterocycles. The lowest BCUT2D eigenvalue weighted by molar-refractivity contribution is -0.226. The highest BCUT2D eigenvalue weighted by atomic mass is 16.7. The van der Waals surface area contributed by atoms with Gasteiger partial charge in [-0.25, -0.2) is 4.90 Å². The predicted molar refractivity (Wildman–Crippen MR) is 111 cm³/mol. The Labute approximate surface area is 189 Å². The molecule has 10 nitrogen and oxygen atoms in total. The van der Waals surface area contributed by atoms with Gasteiger partial charge in [0.1, 0.15) is 5.75 Å². The van der Waals surface area contributed by atoms with Crippen molar-refractivity contribution in [2.24, 2.45) is 11.8 Å².